The molecule has 1 aromatic heterocycles. The Kier molecular flexibility index (Phi) is 5.73. The molecule has 5 saturated carbocycles. The van der Waals surface area contributed by atoms with Gasteiger partial charge in [0.25, 0.3) is 5.91 Å². The number of hydrogen-bond acceptors (Lipinski definition) is 6. The van der Waals surface area contributed by atoms with Crippen LogP contribution < -0.4 is 10.6 Å². The summed E-state index contributed by atoms with van der Waals surface area (Å²) >= 11 is 1.61. The number of aliphatic hydroxyl groups is 1. The van der Waals surface area contributed by atoms with Gasteiger partial charge in [-0.25, -0.2) is 4.98 Å². The van der Waals surface area contributed by atoms with Crippen LogP contribution >= 0.6 is 11.8 Å². The summed E-state index contributed by atoms with van der Waals surface area (Å²) in [4.78, 5) is 30.5. The molecule has 2 heterocycles. The Bertz CT molecular complexity index is 1030. The molecule has 6 fully saturated rings. The maximum absolute atomic E-state index is 13.6. The van der Waals surface area contributed by atoms with E-state index in [0.29, 0.717) is 42.3 Å². The lowest BCUT2D eigenvalue weighted by Crippen LogP contribution is -2.61. The van der Waals surface area contributed by atoms with Crippen molar-refractivity contribution in [3.8, 4) is 0 Å². The molecule has 5 unspecified atom stereocenters. The highest BCUT2D eigenvalue weighted by Crippen LogP contribution is 2.62. The first kappa shape index (κ1) is 23.7. The number of piperidine rings is 1. The largest absolute Gasteiger partial charge is 0.481 e. The SMILES string of the molecule is CC(C)CCSc1nc(C23CNCC2C3C(=O)O)ccc1C(=O)NC1C2CC3CC1CC(O)(C3)C2. The minimum absolute atomic E-state index is 0.0690. The summed E-state index contributed by atoms with van der Waals surface area (Å²) in [6.07, 6.45) is 5.75. The summed E-state index contributed by atoms with van der Waals surface area (Å²) in [5, 5.41) is 28.1. The summed E-state index contributed by atoms with van der Waals surface area (Å²) in [7, 11) is 0. The van der Waals surface area contributed by atoms with Gasteiger partial charge in [-0.1, -0.05) is 13.8 Å². The first-order valence-electron chi connectivity index (χ1n) is 13.3. The Hall–Kier alpha value is -1.64. The quantitative estimate of drug-likeness (QED) is 0.407. The van der Waals surface area contributed by atoms with E-state index in [4.69, 9.17) is 4.98 Å². The van der Waals surface area contributed by atoms with Crippen LogP contribution in [0.2, 0.25) is 0 Å². The predicted octanol–water partition coefficient (Wildman–Crippen LogP) is 3.06. The molecule has 5 aliphatic carbocycles. The van der Waals surface area contributed by atoms with Crippen molar-refractivity contribution in [2.24, 2.45) is 35.5 Å². The fraction of sp³-hybridized carbons (Fsp3) is 0.741. The van der Waals surface area contributed by atoms with Crippen LogP contribution in [-0.2, 0) is 10.2 Å². The molecule has 7 rings (SSSR count). The second-order valence-corrected chi connectivity index (χ2v) is 13.5. The number of carboxylic acid groups (broad SMARTS) is 1. The van der Waals surface area contributed by atoms with Crippen LogP contribution in [-0.4, -0.2) is 57.6 Å². The maximum Gasteiger partial charge on any atom is 0.307 e. The van der Waals surface area contributed by atoms with Crippen molar-refractivity contribution in [2.45, 2.75) is 74.5 Å². The predicted molar refractivity (Wildman–Crippen MR) is 133 cm³/mol. The van der Waals surface area contributed by atoms with Crippen LogP contribution in [0.1, 0.15) is 68.4 Å². The average molecular weight is 500 g/mol. The molecule has 4 bridgehead atoms. The highest BCUT2D eigenvalue weighted by molar-refractivity contribution is 7.99. The van der Waals surface area contributed by atoms with E-state index in [1.807, 2.05) is 12.1 Å². The molecule has 1 saturated heterocycles. The molecule has 5 atom stereocenters. The summed E-state index contributed by atoms with van der Waals surface area (Å²) < 4.78 is 0. The van der Waals surface area contributed by atoms with Gasteiger partial charge < -0.3 is 20.8 Å². The van der Waals surface area contributed by atoms with Crippen molar-refractivity contribution in [1.29, 1.82) is 0 Å². The highest BCUT2D eigenvalue weighted by atomic mass is 32.2. The van der Waals surface area contributed by atoms with E-state index >= 15 is 0 Å². The lowest BCUT2D eigenvalue weighted by molar-refractivity contribution is -0.139. The highest BCUT2D eigenvalue weighted by Gasteiger charge is 2.72. The van der Waals surface area contributed by atoms with E-state index in [1.165, 1.54) is 0 Å². The zero-order valence-electron chi connectivity index (χ0n) is 20.6. The molecule has 35 heavy (non-hydrogen) atoms. The van der Waals surface area contributed by atoms with Gasteiger partial charge in [0.2, 0.25) is 0 Å². The van der Waals surface area contributed by atoms with Gasteiger partial charge in [0.1, 0.15) is 5.03 Å². The first-order chi connectivity index (χ1) is 16.7. The maximum atomic E-state index is 13.6. The van der Waals surface area contributed by atoms with E-state index in [-0.39, 0.29) is 17.9 Å². The van der Waals surface area contributed by atoms with Gasteiger partial charge in [0.05, 0.1) is 22.8 Å². The number of nitrogens with zero attached hydrogens (tertiary/aromatic N) is 1. The number of carbonyl (C=O) groups excluding carboxylic acids is 1. The van der Waals surface area contributed by atoms with Gasteiger partial charge in [0, 0.05) is 18.0 Å². The average Bonchev–Trinajstić information content (AvgIpc) is 3.24. The Morgan fingerprint density at radius 2 is 1.97 bits per heavy atom. The van der Waals surface area contributed by atoms with Gasteiger partial charge >= 0.3 is 5.97 Å². The fourth-order valence-electron chi connectivity index (χ4n) is 8.15. The van der Waals surface area contributed by atoms with Crippen LogP contribution in [0, 0.1) is 35.5 Å². The van der Waals surface area contributed by atoms with Crippen molar-refractivity contribution < 1.29 is 19.8 Å². The van der Waals surface area contributed by atoms with E-state index in [2.05, 4.69) is 24.5 Å². The number of hydrogen-bond donors (Lipinski definition) is 4. The second kappa shape index (κ2) is 8.45. The Morgan fingerprint density at radius 1 is 1.23 bits per heavy atom. The zero-order chi connectivity index (χ0) is 24.5. The molecule has 1 amide bonds. The third-order valence-corrected chi connectivity index (χ3v) is 10.6. The molecule has 6 aliphatic rings. The molecule has 1 aliphatic heterocycles. The lowest BCUT2D eigenvalue weighted by Gasteiger charge is -2.58. The summed E-state index contributed by atoms with van der Waals surface area (Å²) in [5.74, 6) is 1.57. The lowest BCUT2D eigenvalue weighted by atomic mass is 9.52. The first-order valence-corrected chi connectivity index (χ1v) is 14.3. The third kappa shape index (κ3) is 3.91. The standard InChI is InChI=1S/C27H37N3O4S/c1-14(2)5-6-35-24-18(3-4-20(29-24)27-13-28-12-19(27)21(27)25(32)33)23(31)30-22-16-7-15-8-17(22)11-26(34,9-15)10-16/h3-4,14-17,19,21-22,28,34H,5-13H2,1-2H3,(H,30,31)(H,32,33). The fourth-order valence-corrected chi connectivity index (χ4v) is 9.41. The number of fused-ring (bicyclic) bond motifs is 1. The van der Waals surface area contributed by atoms with E-state index < -0.39 is 22.9 Å². The molecular formula is C27H37N3O4S. The number of carbonyl (C=O) groups is 2. The number of rotatable bonds is 8. The van der Waals surface area contributed by atoms with Crippen LogP contribution in [0.5, 0.6) is 0 Å². The molecule has 190 valence electrons. The number of nitrogens with one attached hydrogen (secondary N) is 2. The number of aromatic nitrogens is 1. The molecule has 0 aromatic carbocycles. The van der Waals surface area contributed by atoms with Crippen LogP contribution in [0.15, 0.2) is 17.2 Å². The monoisotopic (exact) mass is 499 g/mol. The van der Waals surface area contributed by atoms with Crippen LogP contribution in [0.3, 0.4) is 0 Å². The van der Waals surface area contributed by atoms with Crippen molar-refractivity contribution >= 4 is 23.6 Å². The Morgan fingerprint density at radius 3 is 2.60 bits per heavy atom. The smallest absolute Gasteiger partial charge is 0.307 e. The van der Waals surface area contributed by atoms with Gasteiger partial charge in [0.15, 0.2) is 0 Å². The van der Waals surface area contributed by atoms with E-state index in [0.717, 1.165) is 55.0 Å². The normalized spacial score (nSPS) is 40.7. The number of pyridine rings is 1. The molecule has 7 nitrogen and oxygen atoms in total. The molecule has 4 N–H and O–H groups in total. The van der Waals surface area contributed by atoms with E-state index in [9.17, 15) is 19.8 Å². The number of thioether (sulfide) groups is 1. The van der Waals surface area contributed by atoms with Crippen LogP contribution in [0.4, 0.5) is 0 Å². The topological polar surface area (TPSA) is 112 Å². The molecule has 0 radical (unpaired) electrons. The Labute approximate surface area is 211 Å². The van der Waals surface area contributed by atoms with Gasteiger partial charge in [-0.3, -0.25) is 9.59 Å². The van der Waals surface area contributed by atoms with Gasteiger partial charge in [-0.05, 0) is 92.5 Å². The summed E-state index contributed by atoms with van der Waals surface area (Å²) in [6.45, 7) is 5.70. The summed E-state index contributed by atoms with van der Waals surface area (Å²) in [5.41, 5.74) is 0.432. The summed E-state index contributed by atoms with van der Waals surface area (Å²) in [6, 6.07) is 3.89. The minimum Gasteiger partial charge on any atom is -0.481 e. The number of carboxylic acids is 1. The van der Waals surface area contributed by atoms with Crippen LogP contribution in [0.25, 0.3) is 0 Å². The van der Waals surface area contributed by atoms with Crippen molar-refractivity contribution in [3.05, 3.63) is 23.4 Å². The Balaban J connectivity index is 1.25. The second-order valence-electron chi connectivity index (χ2n) is 12.4. The zero-order valence-corrected chi connectivity index (χ0v) is 21.4. The van der Waals surface area contributed by atoms with Crippen molar-refractivity contribution in [1.82, 2.24) is 15.6 Å². The number of amides is 1. The van der Waals surface area contributed by atoms with Crippen molar-refractivity contribution in [2.75, 3.05) is 18.8 Å². The van der Waals surface area contributed by atoms with Gasteiger partial charge in [-0.2, -0.15) is 0 Å². The molecule has 0 spiro atoms. The van der Waals surface area contributed by atoms with Gasteiger partial charge in [-0.15, -0.1) is 11.8 Å². The minimum atomic E-state index is -0.752. The third-order valence-electron chi connectivity index (χ3n) is 9.61. The van der Waals surface area contributed by atoms with Crippen molar-refractivity contribution in [3.63, 3.8) is 0 Å². The van der Waals surface area contributed by atoms with E-state index in [1.54, 1.807) is 11.8 Å². The molecule has 1 aromatic rings. The molecule has 8 heteroatoms. The number of aliphatic carboxylic acids is 1. The molecular weight excluding hydrogens is 462 g/mol.